The van der Waals surface area contributed by atoms with Gasteiger partial charge in [0.25, 0.3) is 10.0 Å². The zero-order valence-electron chi connectivity index (χ0n) is 11.7. The molecule has 0 aliphatic heterocycles. The molecule has 0 atom stereocenters. The largest absolute Gasteiger partial charge is 0.369 e. The fraction of sp³-hybridized carbons (Fsp3) is 0.214. The topological polar surface area (TPSA) is 71.1 Å². The second-order valence-corrected chi connectivity index (χ2v) is 6.46. The van der Waals surface area contributed by atoms with Gasteiger partial charge in [-0.2, -0.15) is 0 Å². The third-order valence-corrected chi connectivity index (χ3v) is 4.72. The zero-order chi connectivity index (χ0) is 15.5. The summed E-state index contributed by atoms with van der Waals surface area (Å²) in [6.07, 6.45) is 1.54. The number of hydrogen-bond donors (Lipinski definition) is 2. The summed E-state index contributed by atoms with van der Waals surface area (Å²) in [4.78, 5) is 4.16. The number of sulfonamides is 1. The molecule has 112 valence electrons. The molecule has 1 aromatic carbocycles. The average Bonchev–Trinajstić information content (AvgIpc) is 2.44. The number of nitrogens with zero attached hydrogens (tertiary/aromatic N) is 1. The highest BCUT2D eigenvalue weighted by molar-refractivity contribution is 7.92. The highest BCUT2D eigenvalue weighted by Gasteiger charge is 2.20. The molecule has 2 N–H and O–H groups in total. The van der Waals surface area contributed by atoms with Gasteiger partial charge in [0.1, 0.15) is 10.7 Å². The first-order valence-electron chi connectivity index (χ1n) is 6.42. The Morgan fingerprint density at radius 1 is 1.24 bits per heavy atom. The van der Waals surface area contributed by atoms with Crippen molar-refractivity contribution in [3.63, 3.8) is 0 Å². The van der Waals surface area contributed by atoms with E-state index in [2.05, 4.69) is 15.0 Å². The lowest BCUT2D eigenvalue weighted by Crippen LogP contribution is -2.16. The molecule has 2 rings (SSSR count). The minimum Gasteiger partial charge on any atom is -0.369 e. The van der Waals surface area contributed by atoms with Gasteiger partial charge in [0.15, 0.2) is 0 Å². The summed E-state index contributed by atoms with van der Waals surface area (Å²) in [5, 5.41) is 3.45. The van der Waals surface area contributed by atoms with Crippen molar-refractivity contribution in [3.05, 3.63) is 47.1 Å². The highest BCUT2D eigenvalue weighted by Crippen LogP contribution is 2.27. The van der Waals surface area contributed by atoms with E-state index in [1.807, 2.05) is 6.92 Å². The maximum absolute atomic E-state index is 12.5. The van der Waals surface area contributed by atoms with Gasteiger partial charge in [0, 0.05) is 17.8 Å². The van der Waals surface area contributed by atoms with Crippen molar-refractivity contribution in [2.24, 2.45) is 0 Å². The van der Waals surface area contributed by atoms with Crippen LogP contribution in [-0.2, 0) is 10.0 Å². The van der Waals surface area contributed by atoms with E-state index in [-0.39, 0.29) is 4.90 Å². The van der Waals surface area contributed by atoms with Crippen molar-refractivity contribution < 1.29 is 8.42 Å². The van der Waals surface area contributed by atoms with Crippen LogP contribution in [-0.4, -0.2) is 19.9 Å². The molecule has 7 heteroatoms. The fourth-order valence-electron chi connectivity index (χ4n) is 1.83. The molecule has 5 nitrogen and oxygen atoms in total. The van der Waals surface area contributed by atoms with E-state index in [4.69, 9.17) is 11.6 Å². The molecular formula is C14H16ClN3O2S. The van der Waals surface area contributed by atoms with Crippen LogP contribution in [0.1, 0.15) is 12.5 Å². The van der Waals surface area contributed by atoms with Crippen molar-refractivity contribution in [3.8, 4) is 0 Å². The quantitative estimate of drug-likeness (QED) is 0.885. The molecule has 0 spiro atoms. The minimum atomic E-state index is -3.74. The maximum atomic E-state index is 12.5. The number of pyridine rings is 1. The number of halogens is 1. The van der Waals surface area contributed by atoms with Crippen LogP contribution >= 0.6 is 11.6 Å². The Bertz CT molecular complexity index is 748. The van der Waals surface area contributed by atoms with Crippen LogP contribution in [0.5, 0.6) is 0 Å². The maximum Gasteiger partial charge on any atom is 0.265 e. The molecule has 0 aliphatic carbocycles. The summed E-state index contributed by atoms with van der Waals surface area (Å²) in [5.74, 6) is 0.326. The van der Waals surface area contributed by atoms with Crippen LogP contribution in [0.15, 0.2) is 41.4 Å². The normalized spacial score (nSPS) is 11.2. The summed E-state index contributed by atoms with van der Waals surface area (Å²) < 4.78 is 27.6. The number of aromatic nitrogens is 1. The third kappa shape index (κ3) is 3.46. The molecule has 0 radical (unpaired) electrons. The molecule has 1 heterocycles. The van der Waals surface area contributed by atoms with Gasteiger partial charge in [-0.3, -0.25) is 4.72 Å². The Balaban J connectivity index is 2.41. The van der Waals surface area contributed by atoms with E-state index in [1.165, 1.54) is 6.07 Å². The van der Waals surface area contributed by atoms with Crippen molar-refractivity contribution >= 4 is 33.1 Å². The van der Waals surface area contributed by atoms with Crippen molar-refractivity contribution in [1.82, 2.24) is 4.98 Å². The van der Waals surface area contributed by atoms with Crippen LogP contribution in [0, 0.1) is 6.92 Å². The highest BCUT2D eigenvalue weighted by atomic mass is 35.5. The van der Waals surface area contributed by atoms with Gasteiger partial charge < -0.3 is 5.32 Å². The van der Waals surface area contributed by atoms with E-state index in [9.17, 15) is 8.42 Å². The standard InChI is InChI=1S/C14H16ClN3O2S/c1-3-16-14-13(8-5-9-17-14)21(19,20)18-12-7-4-6-11(15)10(12)2/h4-9,18H,3H2,1-2H3,(H,16,17). The van der Waals surface area contributed by atoms with Gasteiger partial charge in [-0.25, -0.2) is 13.4 Å². The summed E-state index contributed by atoms with van der Waals surface area (Å²) in [7, 11) is -3.74. The van der Waals surface area contributed by atoms with Crippen LogP contribution in [0.25, 0.3) is 0 Å². The van der Waals surface area contributed by atoms with E-state index in [0.717, 1.165) is 0 Å². The van der Waals surface area contributed by atoms with Gasteiger partial charge in [-0.1, -0.05) is 17.7 Å². The lowest BCUT2D eigenvalue weighted by atomic mass is 10.2. The Morgan fingerprint density at radius 3 is 2.71 bits per heavy atom. The molecule has 2 aromatic rings. The Kier molecular flexibility index (Phi) is 4.69. The molecule has 21 heavy (non-hydrogen) atoms. The van der Waals surface area contributed by atoms with E-state index in [0.29, 0.717) is 28.6 Å². The first-order valence-corrected chi connectivity index (χ1v) is 8.28. The van der Waals surface area contributed by atoms with Gasteiger partial charge in [-0.15, -0.1) is 0 Å². The number of benzene rings is 1. The van der Waals surface area contributed by atoms with Crippen LogP contribution in [0.3, 0.4) is 0 Å². The van der Waals surface area contributed by atoms with Gasteiger partial charge in [-0.05, 0) is 43.7 Å². The second kappa shape index (κ2) is 6.32. The van der Waals surface area contributed by atoms with Crippen LogP contribution in [0.2, 0.25) is 5.02 Å². The summed E-state index contributed by atoms with van der Waals surface area (Å²) >= 11 is 6.01. The molecule has 1 aromatic heterocycles. The molecular weight excluding hydrogens is 310 g/mol. The smallest absolute Gasteiger partial charge is 0.265 e. The predicted molar refractivity (Wildman–Crippen MR) is 85.4 cm³/mol. The molecule has 0 aliphatic rings. The van der Waals surface area contributed by atoms with E-state index >= 15 is 0 Å². The number of nitrogens with one attached hydrogen (secondary N) is 2. The van der Waals surface area contributed by atoms with Gasteiger partial charge in [0.05, 0.1) is 5.69 Å². The van der Waals surface area contributed by atoms with E-state index < -0.39 is 10.0 Å². The van der Waals surface area contributed by atoms with Crippen LogP contribution < -0.4 is 10.0 Å². The van der Waals surface area contributed by atoms with Crippen molar-refractivity contribution in [2.75, 3.05) is 16.6 Å². The number of rotatable bonds is 5. The first-order chi connectivity index (χ1) is 9.95. The minimum absolute atomic E-state index is 0.103. The SMILES string of the molecule is CCNc1ncccc1S(=O)(=O)Nc1cccc(Cl)c1C. The Labute approximate surface area is 129 Å². The van der Waals surface area contributed by atoms with Gasteiger partial charge >= 0.3 is 0 Å². The van der Waals surface area contributed by atoms with Crippen molar-refractivity contribution in [1.29, 1.82) is 0 Å². The van der Waals surface area contributed by atoms with Crippen LogP contribution in [0.4, 0.5) is 11.5 Å². The summed E-state index contributed by atoms with van der Waals surface area (Å²) in [5.41, 5.74) is 1.13. The Morgan fingerprint density at radius 2 is 2.00 bits per heavy atom. The average molecular weight is 326 g/mol. The lowest BCUT2D eigenvalue weighted by Gasteiger charge is -2.14. The molecule has 0 amide bonds. The molecule has 0 fully saturated rings. The number of hydrogen-bond acceptors (Lipinski definition) is 4. The monoisotopic (exact) mass is 325 g/mol. The summed E-state index contributed by atoms with van der Waals surface area (Å²) in [6.45, 7) is 4.21. The third-order valence-electron chi connectivity index (χ3n) is 2.92. The zero-order valence-corrected chi connectivity index (χ0v) is 13.3. The Hall–Kier alpha value is -1.79. The molecule has 0 bridgehead atoms. The lowest BCUT2D eigenvalue weighted by molar-refractivity contribution is 0.601. The van der Waals surface area contributed by atoms with Gasteiger partial charge in [0.2, 0.25) is 0 Å². The fourth-order valence-corrected chi connectivity index (χ4v) is 3.26. The first kappa shape index (κ1) is 15.6. The second-order valence-electron chi connectivity index (χ2n) is 4.40. The predicted octanol–water partition coefficient (Wildman–Crippen LogP) is 3.28. The number of anilines is 2. The molecule has 0 saturated heterocycles. The molecule has 0 saturated carbocycles. The van der Waals surface area contributed by atoms with E-state index in [1.54, 1.807) is 37.4 Å². The molecule has 0 unspecified atom stereocenters. The summed E-state index contributed by atoms with van der Waals surface area (Å²) in [6, 6.07) is 8.17. The van der Waals surface area contributed by atoms with Crippen molar-refractivity contribution in [2.45, 2.75) is 18.7 Å².